The first-order chi connectivity index (χ1) is 8.31. The molecule has 3 atom stereocenters. The average molecular weight is 230 g/mol. The van der Waals surface area contributed by atoms with Crippen molar-refractivity contribution in [3.05, 3.63) is 37.0 Å². The van der Waals surface area contributed by atoms with Crippen molar-refractivity contribution in [2.24, 2.45) is 17.8 Å². The molecule has 0 aromatic rings. The van der Waals surface area contributed by atoms with Crippen molar-refractivity contribution < 1.29 is 4.74 Å². The third kappa shape index (κ3) is 2.49. The van der Waals surface area contributed by atoms with Crippen LogP contribution in [-0.2, 0) is 4.74 Å². The van der Waals surface area contributed by atoms with E-state index in [1.54, 1.807) is 12.2 Å². The molecular weight excluding hydrogens is 212 g/mol. The molecule has 0 radical (unpaired) electrons. The van der Waals surface area contributed by atoms with Gasteiger partial charge in [-0.3, -0.25) is 5.32 Å². The Bertz CT molecular complexity index is 370. The Morgan fingerprint density at radius 1 is 1.47 bits per heavy atom. The van der Waals surface area contributed by atoms with Gasteiger partial charge in [0, 0.05) is 6.54 Å². The topological polar surface area (TPSA) is 45.0 Å². The van der Waals surface area contributed by atoms with Crippen molar-refractivity contribution in [2.75, 3.05) is 19.8 Å². The molecule has 0 spiro atoms. The molecule has 1 N–H and O–H groups in total. The summed E-state index contributed by atoms with van der Waals surface area (Å²) in [5, 5.41) is 12.5. The Balaban J connectivity index is 1.85. The summed E-state index contributed by atoms with van der Waals surface area (Å²) in [5.74, 6) is 1.67. The van der Waals surface area contributed by atoms with Crippen LogP contribution in [0.15, 0.2) is 37.0 Å². The summed E-state index contributed by atoms with van der Waals surface area (Å²) in [4.78, 5) is 0. The van der Waals surface area contributed by atoms with E-state index in [9.17, 15) is 5.26 Å². The first-order valence-corrected chi connectivity index (χ1v) is 5.96. The molecule has 3 unspecified atom stereocenters. The third-order valence-electron chi connectivity index (χ3n) is 3.66. The molecular formula is C14H18N2O. The van der Waals surface area contributed by atoms with Crippen molar-refractivity contribution in [3.63, 3.8) is 0 Å². The molecule has 17 heavy (non-hydrogen) atoms. The quantitative estimate of drug-likeness (QED) is 0.706. The molecule has 2 rings (SSSR count). The standard InChI is InChI=1S/C14H18N2O/c1-3-5-10(4-2)7-16-13(6-15)14-11-8-17-9-12(11)14/h3-5,11-14,16H,1-2,7-9H2/b10-5+. The van der Waals surface area contributed by atoms with E-state index < -0.39 is 0 Å². The summed E-state index contributed by atoms with van der Waals surface area (Å²) in [5.41, 5.74) is 1.06. The van der Waals surface area contributed by atoms with Crippen LogP contribution in [0.3, 0.4) is 0 Å². The minimum Gasteiger partial charge on any atom is -0.381 e. The lowest BCUT2D eigenvalue weighted by Gasteiger charge is -2.13. The summed E-state index contributed by atoms with van der Waals surface area (Å²) in [6.45, 7) is 9.72. The highest BCUT2D eigenvalue weighted by Crippen LogP contribution is 2.52. The van der Waals surface area contributed by atoms with Gasteiger partial charge in [-0.2, -0.15) is 5.26 Å². The maximum absolute atomic E-state index is 9.19. The van der Waals surface area contributed by atoms with Gasteiger partial charge in [-0.15, -0.1) is 0 Å². The largest absolute Gasteiger partial charge is 0.381 e. The molecule has 0 aromatic carbocycles. The van der Waals surface area contributed by atoms with E-state index in [0.29, 0.717) is 24.3 Å². The molecule has 2 aliphatic rings. The fourth-order valence-corrected chi connectivity index (χ4v) is 2.62. The van der Waals surface area contributed by atoms with Gasteiger partial charge >= 0.3 is 0 Å². The van der Waals surface area contributed by atoms with Crippen LogP contribution in [0, 0.1) is 29.1 Å². The maximum atomic E-state index is 9.19. The zero-order valence-electron chi connectivity index (χ0n) is 9.93. The van der Waals surface area contributed by atoms with Gasteiger partial charge in [-0.05, 0) is 23.3 Å². The zero-order chi connectivity index (χ0) is 12.3. The molecule has 3 nitrogen and oxygen atoms in total. The number of allylic oxidation sites excluding steroid dienone is 2. The van der Waals surface area contributed by atoms with Crippen LogP contribution < -0.4 is 5.32 Å². The summed E-state index contributed by atoms with van der Waals surface area (Å²) in [6.07, 6.45) is 5.44. The highest BCUT2D eigenvalue weighted by Gasteiger charge is 2.57. The molecule has 0 aromatic heterocycles. The number of hydrogen-bond acceptors (Lipinski definition) is 3. The van der Waals surface area contributed by atoms with Crippen LogP contribution in [0.25, 0.3) is 0 Å². The van der Waals surface area contributed by atoms with Crippen molar-refractivity contribution in [2.45, 2.75) is 6.04 Å². The molecule has 90 valence electrons. The van der Waals surface area contributed by atoms with Crippen molar-refractivity contribution in [1.29, 1.82) is 5.26 Å². The minimum absolute atomic E-state index is 0.0675. The summed E-state index contributed by atoms with van der Waals surface area (Å²) >= 11 is 0. The van der Waals surface area contributed by atoms with Gasteiger partial charge in [0.25, 0.3) is 0 Å². The normalized spacial score (nSPS) is 32.4. The first-order valence-electron chi connectivity index (χ1n) is 5.96. The number of nitrogens with zero attached hydrogens (tertiary/aromatic N) is 1. The van der Waals surface area contributed by atoms with E-state index in [-0.39, 0.29) is 6.04 Å². The predicted molar refractivity (Wildman–Crippen MR) is 67.2 cm³/mol. The average Bonchev–Trinajstić information content (AvgIpc) is 2.83. The Labute approximate surface area is 102 Å². The van der Waals surface area contributed by atoms with Gasteiger partial charge < -0.3 is 4.74 Å². The first kappa shape index (κ1) is 12.1. The molecule has 0 amide bonds. The summed E-state index contributed by atoms with van der Waals surface area (Å²) in [6, 6.07) is 2.29. The second-order valence-corrected chi connectivity index (χ2v) is 4.61. The van der Waals surface area contributed by atoms with Crippen LogP contribution in [-0.4, -0.2) is 25.8 Å². The molecule has 1 saturated carbocycles. The zero-order valence-corrected chi connectivity index (χ0v) is 9.93. The van der Waals surface area contributed by atoms with Crippen LogP contribution in [0.5, 0.6) is 0 Å². The lowest BCUT2D eigenvalue weighted by Crippen LogP contribution is -2.33. The van der Waals surface area contributed by atoms with Crippen LogP contribution >= 0.6 is 0 Å². The highest BCUT2D eigenvalue weighted by atomic mass is 16.5. The van der Waals surface area contributed by atoms with Gasteiger partial charge in [0.2, 0.25) is 0 Å². The lowest BCUT2D eigenvalue weighted by atomic mass is 10.1. The number of hydrogen-bond donors (Lipinski definition) is 1. The van der Waals surface area contributed by atoms with E-state index in [1.165, 1.54) is 0 Å². The van der Waals surface area contributed by atoms with Gasteiger partial charge in [0.05, 0.1) is 25.3 Å². The Morgan fingerprint density at radius 2 is 2.18 bits per heavy atom. The predicted octanol–water partition coefficient (Wildman–Crippen LogP) is 1.66. The minimum atomic E-state index is -0.0675. The number of ether oxygens (including phenoxy) is 1. The van der Waals surface area contributed by atoms with E-state index in [1.807, 2.05) is 6.08 Å². The van der Waals surface area contributed by atoms with Crippen LogP contribution in [0.1, 0.15) is 0 Å². The SMILES string of the molecule is C=C/C=C(\C=C)CNC(C#N)C1C2COCC21. The highest BCUT2D eigenvalue weighted by molar-refractivity contribution is 5.23. The molecule has 1 saturated heterocycles. The van der Waals surface area contributed by atoms with E-state index in [4.69, 9.17) is 4.74 Å². The molecule has 0 bridgehead atoms. The fourth-order valence-electron chi connectivity index (χ4n) is 2.62. The van der Waals surface area contributed by atoms with E-state index in [2.05, 4.69) is 24.5 Å². The molecule has 1 heterocycles. The number of nitrogens with one attached hydrogen (secondary N) is 1. The van der Waals surface area contributed by atoms with Crippen LogP contribution in [0.4, 0.5) is 0 Å². The smallest absolute Gasteiger partial charge is 0.0991 e. The van der Waals surface area contributed by atoms with Crippen molar-refractivity contribution in [1.82, 2.24) is 5.32 Å². The van der Waals surface area contributed by atoms with E-state index >= 15 is 0 Å². The van der Waals surface area contributed by atoms with Gasteiger partial charge in [-0.25, -0.2) is 0 Å². The maximum Gasteiger partial charge on any atom is 0.0991 e. The molecule has 2 fully saturated rings. The van der Waals surface area contributed by atoms with Crippen molar-refractivity contribution >= 4 is 0 Å². The van der Waals surface area contributed by atoms with E-state index in [0.717, 1.165) is 18.8 Å². The molecule has 1 aliphatic carbocycles. The van der Waals surface area contributed by atoms with Gasteiger partial charge in [-0.1, -0.05) is 31.4 Å². The third-order valence-corrected chi connectivity index (χ3v) is 3.66. The number of rotatable bonds is 6. The number of nitriles is 1. The number of fused-ring (bicyclic) bond motifs is 1. The lowest BCUT2D eigenvalue weighted by molar-refractivity contribution is 0.147. The molecule has 1 aliphatic heterocycles. The summed E-state index contributed by atoms with van der Waals surface area (Å²) < 4.78 is 5.34. The van der Waals surface area contributed by atoms with Gasteiger partial charge in [0.1, 0.15) is 0 Å². The van der Waals surface area contributed by atoms with Crippen molar-refractivity contribution in [3.8, 4) is 6.07 Å². The van der Waals surface area contributed by atoms with Crippen LogP contribution in [0.2, 0.25) is 0 Å². The molecule has 3 heteroatoms. The monoisotopic (exact) mass is 230 g/mol. The Hall–Kier alpha value is -1.37. The fraction of sp³-hybridized carbons (Fsp3) is 0.500. The second-order valence-electron chi connectivity index (χ2n) is 4.61. The Morgan fingerprint density at radius 3 is 2.71 bits per heavy atom. The summed E-state index contributed by atoms with van der Waals surface area (Å²) in [7, 11) is 0. The van der Waals surface area contributed by atoms with Gasteiger partial charge in [0.15, 0.2) is 0 Å². The second kappa shape index (κ2) is 5.31. The Kier molecular flexibility index (Phi) is 3.78.